The number of ether oxygens (including phenoxy) is 1. The Morgan fingerprint density at radius 3 is 2.41 bits per heavy atom. The molecular formula is C18H26ClN3O4S. The van der Waals surface area contributed by atoms with Gasteiger partial charge in [-0.2, -0.15) is 4.31 Å². The van der Waals surface area contributed by atoms with Gasteiger partial charge in [0.05, 0.1) is 35.4 Å². The van der Waals surface area contributed by atoms with Crippen molar-refractivity contribution in [2.45, 2.75) is 30.6 Å². The normalized spacial score (nSPS) is 20.2. The van der Waals surface area contributed by atoms with Gasteiger partial charge in [-0.05, 0) is 44.1 Å². The van der Waals surface area contributed by atoms with E-state index in [1.165, 1.54) is 35.3 Å². The Balaban J connectivity index is 1.70. The van der Waals surface area contributed by atoms with Crippen LogP contribution in [0.15, 0.2) is 23.1 Å². The summed E-state index contributed by atoms with van der Waals surface area (Å²) in [5.74, 6) is -0.181. The van der Waals surface area contributed by atoms with Gasteiger partial charge in [-0.15, -0.1) is 0 Å². The number of likely N-dealkylation sites (tertiary alicyclic amines) is 1. The van der Waals surface area contributed by atoms with Gasteiger partial charge in [0.2, 0.25) is 15.9 Å². The number of morpholine rings is 1. The Bertz CT molecular complexity index is 758. The van der Waals surface area contributed by atoms with Crippen LogP contribution in [0.5, 0.6) is 0 Å². The molecule has 0 atom stereocenters. The Hall–Kier alpha value is -1.19. The maximum atomic E-state index is 12.8. The second-order valence-electron chi connectivity index (χ2n) is 6.90. The van der Waals surface area contributed by atoms with Gasteiger partial charge in [0, 0.05) is 13.1 Å². The topological polar surface area (TPSA) is 79.0 Å². The first-order valence-corrected chi connectivity index (χ1v) is 11.2. The van der Waals surface area contributed by atoms with Crippen LogP contribution in [-0.4, -0.2) is 69.5 Å². The minimum absolute atomic E-state index is 0.124. The summed E-state index contributed by atoms with van der Waals surface area (Å²) in [5.41, 5.74) is 0.325. The van der Waals surface area contributed by atoms with Crippen LogP contribution in [0.2, 0.25) is 5.02 Å². The van der Waals surface area contributed by atoms with Crippen molar-refractivity contribution in [1.82, 2.24) is 9.21 Å². The van der Waals surface area contributed by atoms with Crippen LogP contribution in [0.1, 0.15) is 25.7 Å². The average molecular weight is 416 g/mol. The summed E-state index contributed by atoms with van der Waals surface area (Å²) in [6.45, 7) is 3.51. The van der Waals surface area contributed by atoms with E-state index in [2.05, 4.69) is 10.2 Å². The molecule has 0 aliphatic carbocycles. The number of hydrogen-bond donors (Lipinski definition) is 1. The van der Waals surface area contributed by atoms with Gasteiger partial charge in [0.25, 0.3) is 0 Å². The zero-order valence-corrected chi connectivity index (χ0v) is 16.9. The number of amides is 1. The molecular weight excluding hydrogens is 390 g/mol. The number of carbonyl (C=O) groups is 1. The Morgan fingerprint density at radius 1 is 1.07 bits per heavy atom. The Morgan fingerprint density at radius 2 is 1.74 bits per heavy atom. The maximum Gasteiger partial charge on any atom is 0.243 e. The number of benzene rings is 1. The summed E-state index contributed by atoms with van der Waals surface area (Å²) < 4.78 is 32.2. The molecule has 0 saturated carbocycles. The first kappa shape index (κ1) is 20.5. The summed E-state index contributed by atoms with van der Waals surface area (Å²) in [4.78, 5) is 14.7. The molecule has 1 aromatic carbocycles. The van der Waals surface area contributed by atoms with Crippen molar-refractivity contribution in [2.24, 2.45) is 0 Å². The number of carbonyl (C=O) groups excluding carboxylic acids is 1. The second-order valence-corrected chi connectivity index (χ2v) is 9.24. The SMILES string of the molecule is O=C(CN1CCCCCC1)Nc1cc(S(=O)(=O)N2CCOCC2)ccc1Cl. The van der Waals surface area contributed by atoms with E-state index < -0.39 is 10.0 Å². The summed E-state index contributed by atoms with van der Waals surface area (Å²) in [5, 5.41) is 3.09. The number of hydrogen-bond acceptors (Lipinski definition) is 5. The molecule has 150 valence electrons. The average Bonchev–Trinajstić information content (AvgIpc) is 2.92. The quantitative estimate of drug-likeness (QED) is 0.797. The molecule has 2 saturated heterocycles. The van der Waals surface area contributed by atoms with E-state index in [1.54, 1.807) is 0 Å². The lowest BCUT2D eigenvalue weighted by Crippen LogP contribution is -2.40. The minimum atomic E-state index is -3.64. The molecule has 0 spiro atoms. The summed E-state index contributed by atoms with van der Waals surface area (Å²) in [7, 11) is -3.64. The van der Waals surface area contributed by atoms with Crippen LogP contribution >= 0.6 is 11.6 Å². The Kier molecular flexibility index (Phi) is 7.10. The fourth-order valence-electron chi connectivity index (χ4n) is 3.38. The van der Waals surface area contributed by atoms with Gasteiger partial charge in [-0.1, -0.05) is 24.4 Å². The molecule has 1 amide bonds. The molecule has 2 fully saturated rings. The molecule has 27 heavy (non-hydrogen) atoms. The van der Waals surface area contributed by atoms with Crippen LogP contribution in [0.25, 0.3) is 0 Å². The van der Waals surface area contributed by atoms with Crippen molar-refractivity contribution < 1.29 is 17.9 Å². The molecule has 1 N–H and O–H groups in total. The molecule has 0 unspecified atom stereocenters. The van der Waals surface area contributed by atoms with Crippen LogP contribution < -0.4 is 5.32 Å². The molecule has 0 bridgehead atoms. The van der Waals surface area contributed by atoms with Gasteiger partial charge in [-0.25, -0.2) is 8.42 Å². The number of sulfonamides is 1. The first-order valence-electron chi connectivity index (χ1n) is 9.36. The van der Waals surface area contributed by atoms with Crippen LogP contribution in [0.4, 0.5) is 5.69 Å². The summed E-state index contributed by atoms with van der Waals surface area (Å²) in [6.07, 6.45) is 4.60. The largest absolute Gasteiger partial charge is 0.379 e. The van der Waals surface area contributed by atoms with Crippen molar-refractivity contribution in [1.29, 1.82) is 0 Å². The summed E-state index contributed by atoms with van der Waals surface area (Å²) in [6, 6.07) is 4.42. The van der Waals surface area contributed by atoms with E-state index in [1.807, 2.05) is 0 Å². The number of nitrogens with one attached hydrogen (secondary N) is 1. The number of nitrogens with zero attached hydrogens (tertiary/aromatic N) is 2. The summed E-state index contributed by atoms with van der Waals surface area (Å²) >= 11 is 6.19. The first-order chi connectivity index (χ1) is 13.0. The highest BCUT2D eigenvalue weighted by molar-refractivity contribution is 7.89. The lowest BCUT2D eigenvalue weighted by atomic mass is 10.2. The molecule has 2 aliphatic rings. The number of anilines is 1. The van der Waals surface area contributed by atoms with E-state index in [0.717, 1.165) is 25.9 Å². The number of halogens is 1. The third-order valence-electron chi connectivity index (χ3n) is 4.89. The predicted octanol–water partition coefficient (Wildman–Crippen LogP) is 2.18. The highest BCUT2D eigenvalue weighted by atomic mass is 35.5. The molecule has 2 heterocycles. The monoisotopic (exact) mass is 415 g/mol. The highest BCUT2D eigenvalue weighted by Crippen LogP contribution is 2.27. The predicted molar refractivity (Wildman–Crippen MR) is 105 cm³/mol. The maximum absolute atomic E-state index is 12.8. The van der Waals surface area contributed by atoms with E-state index in [9.17, 15) is 13.2 Å². The van der Waals surface area contributed by atoms with Gasteiger partial charge in [0.15, 0.2) is 0 Å². The van der Waals surface area contributed by atoms with Gasteiger partial charge >= 0.3 is 0 Å². The number of rotatable bonds is 5. The fourth-order valence-corrected chi connectivity index (χ4v) is 4.98. The molecule has 3 rings (SSSR count). The van der Waals surface area contributed by atoms with Crippen molar-refractivity contribution >= 4 is 33.2 Å². The third kappa shape index (κ3) is 5.42. The third-order valence-corrected chi connectivity index (χ3v) is 7.11. The highest BCUT2D eigenvalue weighted by Gasteiger charge is 2.27. The smallest absolute Gasteiger partial charge is 0.243 e. The molecule has 1 aromatic rings. The van der Waals surface area contributed by atoms with Crippen LogP contribution in [-0.2, 0) is 19.6 Å². The molecule has 0 radical (unpaired) electrons. The van der Waals surface area contributed by atoms with Gasteiger partial charge < -0.3 is 10.1 Å². The van der Waals surface area contributed by atoms with Crippen molar-refractivity contribution in [3.63, 3.8) is 0 Å². The van der Waals surface area contributed by atoms with E-state index in [-0.39, 0.29) is 17.3 Å². The molecule has 0 aromatic heterocycles. The fraction of sp³-hybridized carbons (Fsp3) is 0.611. The standard InChI is InChI=1S/C18H26ClN3O4S/c19-16-6-5-15(27(24,25)22-9-11-26-12-10-22)13-17(16)20-18(23)14-21-7-3-1-2-4-8-21/h5-6,13H,1-4,7-12,14H2,(H,20,23). The van der Waals surface area contributed by atoms with E-state index in [0.29, 0.717) is 37.0 Å². The van der Waals surface area contributed by atoms with Gasteiger partial charge in [-0.3, -0.25) is 9.69 Å². The second kappa shape index (κ2) is 9.34. The van der Waals surface area contributed by atoms with Gasteiger partial charge in [0.1, 0.15) is 0 Å². The zero-order valence-electron chi connectivity index (χ0n) is 15.3. The minimum Gasteiger partial charge on any atom is -0.379 e. The van der Waals surface area contributed by atoms with E-state index in [4.69, 9.17) is 16.3 Å². The molecule has 2 aliphatic heterocycles. The van der Waals surface area contributed by atoms with Crippen LogP contribution in [0, 0.1) is 0 Å². The molecule has 9 heteroatoms. The zero-order chi connectivity index (χ0) is 19.3. The van der Waals surface area contributed by atoms with E-state index >= 15 is 0 Å². The molecule has 7 nitrogen and oxygen atoms in total. The van der Waals surface area contributed by atoms with Crippen molar-refractivity contribution in [3.8, 4) is 0 Å². The van der Waals surface area contributed by atoms with Crippen molar-refractivity contribution in [2.75, 3.05) is 51.3 Å². The van der Waals surface area contributed by atoms with Crippen LogP contribution in [0.3, 0.4) is 0 Å². The lowest BCUT2D eigenvalue weighted by Gasteiger charge is -2.26. The lowest BCUT2D eigenvalue weighted by molar-refractivity contribution is -0.117. The van der Waals surface area contributed by atoms with Crippen molar-refractivity contribution in [3.05, 3.63) is 23.2 Å². The Labute approximate surface area is 165 Å².